The van der Waals surface area contributed by atoms with Crippen LogP contribution in [0.2, 0.25) is 0 Å². The predicted molar refractivity (Wildman–Crippen MR) is 69.1 cm³/mol. The number of rotatable bonds is 10. The van der Waals surface area contributed by atoms with E-state index in [4.69, 9.17) is 0 Å². The van der Waals surface area contributed by atoms with E-state index < -0.39 is 10.0 Å². The summed E-state index contributed by atoms with van der Waals surface area (Å²) >= 11 is 0. The van der Waals surface area contributed by atoms with Crippen molar-refractivity contribution in [2.45, 2.75) is 52.5 Å². The lowest BCUT2D eigenvalue weighted by molar-refractivity contribution is 0.527. The monoisotopic (exact) mass is 250 g/mol. The Bertz CT molecular complexity index is 249. The van der Waals surface area contributed by atoms with Crippen molar-refractivity contribution in [2.75, 3.05) is 18.8 Å². The van der Waals surface area contributed by atoms with E-state index in [1.807, 2.05) is 13.8 Å². The van der Waals surface area contributed by atoms with Crippen LogP contribution >= 0.6 is 0 Å². The second-order valence-electron chi connectivity index (χ2n) is 4.05. The molecule has 0 radical (unpaired) electrons. The molecule has 0 spiro atoms. The minimum Gasteiger partial charge on any atom is -0.317 e. The van der Waals surface area contributed by atoms with Crippen molar-refractivity contribution in [3.8, 4) is 0 Å². The summed E-state index contributed by atoms with van der Waals surface area (Å²) in [6.07, 6.45) is 3.46. The van der Waals surface area contributed by atoms with Crippen LogP contribution in [0.4, 0.5) is 0 Å². The zero-order chi connectivity index (χ0) is 12.4. The van der Waals surface area contributed by atoms with E-state index in [0.29, 0.717) is 6.42 Å². The van der Waals surface area contributed by atoms with E-state index in [9.17, 15) is 8.42 Å². The number of sulfonamides is 1. The fraction of sp³-hybridized carbons (Fsp3) is 1.00. The van der Waals surface area contributed by atoms with Crippen molar-refractivity contribution in [3.05, 3.63) is 0 Å². The smallest absolute Gasteiger partial charge is 0.211 e. The van der Waals surface area contributed by atoms with Crippen LogP contribution in [-0.4, -0.2) is 33.3 Å². The molecule has 0 aliphatic carbocycles. The highest BCUT2D eigenvalue weighted by molar-refractivity contribution is 7.89. The molecule has 0 aliphatic heterocycles. The first-order valence-electron chi connectivity index (χ1n) is 6.26. The molecule has 2 N–H and O–H groups in total. The molecule has 0 aromatic heterocycles. The Labute approximate surface area is 100 Å². The van der Waals surface area contributed by atoms with Crippen LogP contribution in [-0.2, 0) is 10.0 Å². The number of hydrogen-bond acceptors (Lipinski definition) is 3. The van der Waals surface area contributed by atoms with Gasteiger partial charge in [0.15, 0.2) is 0 Å². The average Bonchev–Trinajstić information content (AvgIpc) is 2.25. The third-order valence-electron chi connectivity index (χ3n) is 2.53. The quantitative estimate of drug-likeness (QED) is 0.577. The van der Waals surface area contributed by atoms with E-state index >= 15 is 0 Å². The Morgan fingerprint density at radius 2 is 1.69 bits per heavy atom. The van der Waals surface area contributed by atoms with Crippen LogP contribution < -0.4 is 10.0 Å². The maximum absolute atomic E-state index is 11.7. The average molecular weight is 250 g/mol. The van der Waals surface area contributed by atoms with Crippen molar-refractivity contribution in [3.63, 3.8) is 0 Å². The van der Waals surface area contributed by atoms with Gasteiger partial charge >= 0.3 is 0 Å². The lowest BCUT2D eigenvalue weighted by Gasteiger charge is -2.14. The molecular weight excluding hydrogens is 224 g/mol. The standard InChI is InChI=1S/C11H26N2O2S/c1-4-8-12-9-7-10-16(14,15)13-11(5-2)6-3/h11-13H,4-10H2,1-3H3. The molecule has 0 aromatic rings. The van der Waals surface area contributed by atoms with Crippen molar-refractivity contribution in [1.82, 2.24) is 10.0 Å². The van der Waals surface area contributed by atoms with E-state index in [0.717, 1.165) is 32.4 Å². The van der Waals surface area contributed by atoms with E-state index in [1.54, 1.807) is 0 Å². The van der Waals surface area contributed by atoms with Crippen molar-refractivity contribution >= 4 is 10.0 Å². The normalized spacial score (nSPS) is 12.2. The van der Waals surface area contributed by atoms with E-state index in [-0.39, 0.29) is 11.8 Å². The molecule has 0 rings (SSSR count). The van der Waals surface area contributed by atoms with Gasteiger partial charge in [-0.05, 0) is 38.8 Å². The van der Waals surface area contributed by atoms with Crippen molar-refractivity contribution in [2.24, 2.45) is 0 Å². The van der Waals surface area contributed by atoms with Crippen LogP contribution in [0.15, 0.2) is 0 Å². The number of nitrogens with one attached hydrogen (secondary N) is 2. The van der Waals surface area contributed by atoms with Gasteiger partial charge in [0.1, 0.15) is 0 Å². The Morgan fingerprint density at radius 1 is 1.06 bits per heavy atom. The fourth-order valence-corrected chi connectivity index (χ4v) is 2.94. The highest BCUT2D eigenvalue weighted by Crippen LogP contribution is 2.00. The Balaban J connectivity index is 3.78. The SMILES string of the molecule is CCCNCCCS(=O)(=O)NC(CC)CC. The van der Waals surface area contributed by atoms with Gasteiger partial charge in [0.2, 0.25) is 10.0 Å². The Morgan fingerprint density at radius 3 is 2.19 bits per heavy atom. The summed E-state index contributed by atoms with van der Waals surface area (Å²) in [6, 6.07) is 0.0913. The van der Waals surface area contributed by atoms with Crippen LogP contribution in [0.5, 0.6) is 0 Å². The van der Waals surface area contributed by atoms with Gasteiger partial charge in [0.05, 0.1) is 5.75 Å². The molecule has 0 bridgehead atoms. The second-order valence-corrected chi connectivity index (χ2v) is 5.93. The van der Waals surface area contributed by atoms with Gasteiger partial charge in [-0.15, -0.1) is 0 Å². The molecule has 0 amide bonds. The molecule has 0 unspecified atom stereocenters. The molecule has 5 heteroatoms. The highest BCUT2D eigenvalue weighted by Gasteiger charge is 2.14. The van der Waals surface area contributed by atoms with E-state index in [2.05, 4.69) is 17.0 Å². The molecule has 0 saturated carbocycles. The van der Waals surface area contributed by atoms with Crippen molar-refractivity contribution < 1.29 is 8.42 Å². The maximum Gasteiger partial charge on any atom is 0.211 e. The first kappa shape index (κ1) is 15.9. The molecule has 0 heterocycles. The Kier molecular flexibility index (Phi) is 8.89. The van der Waals surface area contributed by atoms with E-state index in [1.165, 1.54) is 0 Å². The summed E-state index contributed by atoms with van der Waals surface area (Å²) in [6.45, 7) is 7.83. The summed E-state index contributed by atoms with van der Waals surface area (Å²) in [4.78, 5) is 0. The maximum atomic E-state index is 11.7. The minimum absolute atomic E-state index is 0.0913. The van der Waals surface area contributed by atoms with Crippen LogP contribution in [0.1, 0.15) is 46.5 Å². The van der Waals surface area contributed by atoms with Gasteiger partial charge in [-0.3, -0.25) is 0 Å². The molecule has 0 aromatic carbocycles. The second kappa shape index (κ2) is 8.96. The Hall–Kier alpha value is -0.130. The minimum atomic E-state index is -3.08. The van der Waals surface area contributed by atoms with Gasteiger partial charge in [0, 0.05) is 6.04 Å². The summed E-state index contributed by atoms with van der Waals surface area (Å²) in [7, 11) is -3.08. The van der Waals surface area contributed by atoms with Gasteiger partial charge in [-0.1, -0.05) is 20.8 Å². The molecule has 0 fully saturated rings. The predicted octanol–water partition coefficient (Wildman–Crippen LogP) is 1.48. The topological polar surface area (TPSA) is 58.2 Å². The summed E-state index contributed by atoms with van der Waals surface area (Å²) in [5, 5.41) is 3.20. The third kappa shape index (κ3) is 8.07. The third-order valence-corrected chi connectivity index (χ3v) is 4.04. The van der Waals surface area contributed by atoms with Gasteiger partial charge in [-0.25, -0.2) is 13.1 Å². The van der Waals surface area contributed by atoms with Gasteiger partial charge < -0.3 is 5.32 Å². The van der Waals surface area contributed by atoms with Crippen LogP contribution in [0.25, 0.3) is 0 Å². The first-order valence-corrected chi connectivity index (χ1v) is 7.91. The lowest BCUT2D eigenvalue weighted by atomic mass is 10.2. The molecular formula is C11H26N2O2S. The number of hydrogen-bond donors (Lipinski definition) is 2. The molecule has 16 heavy (non-hydrogen) atoms. The molecule has 0 saturated heterocycles. The van der Waals surface area contributed by atoms with Crippen molar-refractivity contribution in [1.29, 1.82) is 0 Å². The van der Waals surface area contributed by atoms with Gasteiger partial charge in [-0.2, -0.15) is 0 Å². The summed E-state index contributed by atoms with van der Waals surface area (Å²) in [5.41, 5.74) is 0. The van der Waals surface area contributed by atoms with Crippen LogP contribution in [0.3, 0.4) is 0 Å². The van der Waals surface area contributed by atoms with Gasteiger partial charge in [0.25, 0.3) is 0 Å². The molecule has 0 aliphatic rings. The molecule has 4 nitrogen and oxygen atoms in total. The zero-order valence-electron chi connectivity index (χ0n) is 10.8. The largest absolute Gasteiger partial charge is 0.317 e. The highest BCUT2D eigenvalue weighted by atomic mass is 32.2. The van der Waals surface area contributed by atoms with Crippen LogP contribution in [0, 0.1) is 0 Å². The zero-order valence-corrected chi connectivity index (χ0v) is 11.6. The summed E-state index contributed by atoms with van der Waals surface area (Å²) in [5.74, 6) is 0.222. The first-order chi connectivity index (χ1) is 7.55. The molecule has 98 valence electrons. The lowest BCUT2D eigenvalue weighted by Crippen LogP contribution is -2.36. The fourth-order valence-electron chi connectivity index (χ4n) is 1.46. The summed E-state index contributed by atoms with van der Waals surface area (Å²) < 4.78 is 26.0. The molecule has 0 atom stereocenters.